The van der Waals surface area contributed by atoms with Gasteiger partial charge in [0.1, 0.15) is 5.75 Å². The fourth-order valence-corrected chi connectivity index (χ4v) is 5.81. The molecule has 5 heteroatoms. The van der Waals surface area contributed by atoms with Gasteiger partial charge in [-0.15, -0.1) is 0 Å². The summed E-state index contributed by atoms with van der Waals surface area (Å²) in [6.07, 6.45) is 7.24. The van der Waals surface area contributed by atoms with Crippen molar-refractivity contribution in [2.24, 2.45) is 11.8 Å². The maximum atomic E-state index is 6.19. The fraction of sp³-hybridized carbons (Fsp3) is 0.469. The topological polar surface area (TPSA) is 41.7 Å². The molecular weight excluding hydrogens is 458 g/mol. The normalized spacial score (nSPS) is 17.3. The Balaban J connectivity index is 1.07. The van der Waals surface area contributed by atoms with E-state index in [0.717, 1.165) is 65.9 Å². The molecule has 0 unspecified atom stereocenters. The zero-order valence-corrected chi connectivity index (χ0v) is 22.3. The van der Waals surface area contributed by atoms with Crippen molar-refractivity contribution >= 4 is 21.7 Å². The van der Waals surface area contributed by atoms with Crippen molar-refractivity contribution in [1.82, 2.24) is 15.0 Å². The van der Waals surface area contributed by atoms with E-state index in [2.05, 4.69) is 83.6 Å². The largest absolute Gasteiger partial charge is 0.493 e. The molecule has 1 aromatic heterocycles. The number of hydrogen-bond donors (Lipinski definition) is 0. The molecule has 6 rings (SSSR count). The van der Waals surface area contributed by atoms with Gasteiger partial charge in [-0.3, -0.25) is 4.90 Å². The molecule has 0 bridgehead atoms. The second-order valence-electron chi connectivity index (χ2n) is 11.4. The minimum absolute atomic E-state index is 0.728. The number of rotatable bonds is 10. The summed E-state index contributed by atoms with van der Waals surface area (Å²) in [7, 11) is 4.18. The average molecular weight is 498 g/mol. The molecule has 37 heavy (non-hydrogen) atoms. The van der Waals surface area contributed by atoms with Gasteiger partial charge >= 0.3 is 0 Å². The van der Waals surface area contributed by atoms with Crippen LogP contribution in [0.4, 0.5) is 0 Å². The second-order valence-corrected chi connectivity index (χ2v) is 11.4. The highest BCUT2D eigenvalue weighted by molar-refractivity contribution is 5.86. The zero-order chi connectivity index (χ0) is 25.2. The number of aryl methyl sites for hydroxylation is 1. The smallest absolute Gasteiger partial charge is 0.175 e. The van der Waals surface area contributed by atoms with Crippen LogP contribution >= 0.6 is 0 Å². The van der Waals surface area contributed by atoms with E-state index in [1.165, 1.54) is 61.5 Å². The predicted molar refractivity (Wildman–Crippen MR) is 150 cm³/mol. The van der Waals surface area contributed by atoms with Gasteiger partial charge in [0, 0.05) is 18.5 Å². The van der Waals surface area contributed by atoms with E-state index in [-0.39, 0.29) is 0 Å². The lowest BCUT2D eigenvalue weighted by Crippen LogP contribution is -2.33. The van der Waals surface area contributed by atoms with Crippen LogP contribution in [-0.2, 0) is 19.5 Å². The lowest BCUT2D eigenvalue weighted by atomic mass is 9.90. The van der Waals surface area contributed by atoms with Gasteiger partial charge in [-0.05, 0) is 106 Å². The van der Waals surface area contributed by atoms with Crippen LogP contribution in [0.3, 0.4) is 0 Å². The van der Waals surface area contributed by atoms with E-state index in [1.807, 2.05) is 0 Å². The molecule has 0 amide bonds. The van der Waals surface area contributed by atoms with Crippen LogP contribution in [0.25, 0.3) is 21.7 Å². The maximum Gasteiger partial charge on any atom is 0.175 e. The highest BCUT2D eigenvalue weighted by Gasteiger charge is 2.25. The molecule has 1 saturated heterocycles. The van der Waals surface area contributed by atoms with Crippen LogP contribution < -0.4 is 4.74 Å². The van der Waals surface area contributed by atoms with Crippen LogP contribution in [-0.4, -0.2) is 48.7 Å². The number of ether oxygens (including phenoxy) is 1. The van der Waals surface area contributed by atoms with Gasteiger partial charge in [0.05, 0.1) is 17.9 Å². The number of nitrogens with zero attached hydrogens (tertiary/aromatic N) is 3. The molecule has 2 heterocycles. The fourth-order valence-electron chi connectivity index (χ4n) is 5.81. The molecule has 2 fully saturated rings. The Morgan fingerprint density at radius 1 is 0.919 bits per heavy atom. The number of aromatic nitrogens is 1. The second kappa shape index (κ2) is 10.8. The van der Waals surface area contributed by atoms with Crippen molar-refractivity contribution < 1.29 is 9.26 Å². The van der Waals surface area contributed by atoms with Gasteiger partial charge in [-0.2, -0.15) is 0 Å². The number of hydrogen-bond acceptors (Lipinski definition) is 5. The quantitative estimate of drug-likeness (QED) is 0.245. The van der Waals surface area contributed by atoms with Gasteiger partial charge in [0.25, 0.3) is 0 Å². The average Bonchev–Trinajstić information content (AvgIpc) is 3.65. The first-order valence-corrected chi connectivity index (χ1v) is 14.0. The lowest BCUT2D eigenvalue weighted by molar-refractivity contribution is 0.172. The maximum absolute atomic E-state index is 6.19. The Morgan fingerprint density at radius 3 is 2.54 bits per heavy atom. The summed E-state index contributed by atoms with van der Waals surface area (Å²) in [4.78, 5) is 4.80. The SMILES string of the molecule is CN(C)Cc1c(OCC2CC2)ccc2c(CCC3CCN(Cc4cccc5ccccc45)CC3)noc12. The monoisotopic (exact) mass is 497 g/mol. The van der Waals surface area contributed by atoms with Crippen LogP contribution in [0.1, 0.15) is 48.9 Å². The summed E-state index contributed by atoms with van der Waals surface area (Å²) in [5.41, 5.74) is 4.58. The summed E-state index contributed by atoms with van der Waals surface area (Å²) in [5.74, 6) is 2.43. The molecular formula is C32H39N3O2. The van der Waals surface area contributed by atoms with Crippen molar-refractivity contribution in [3.63, 3.8) is 0 Å². The summed E-state index contributed by atoms with van der Waals surface area (Å²) >= 11 is 0. The number of fused-ring (bicyclic) bond motifs is 2. The summed E-state index contributed by atoms with van der Waals surface area (Å²) < 4.78 is 12.1. The highest BCUT2D eigenvalue weighted by atomic mass is 16.5. The minimum atomic E-state index is 0.728. The van der Waals surface area contributed by atoms with E-state index in [9.17, 15) is 0 Å². The molecule has 0 N–H and O–H groups in total. The Bertz CT molecular complexity index is 1340. The van der Waals surface area contributed by atoms with Gasteiger partial charge in [-0.1, -0.05) is 47.6 Å². The molecule has 1 aliphatic heterocycles. The van der Waals surface area contributed by atoms with E-state index < -0.39 is 0 Å². The van der Waals surface area contributed by atoms with Crippen molar-refractivity contribution in [3.8, 4) is 5.75 Å². The third-order valence-electron chi connectivity index (χ3n) is 8.19. The van der Waals surface area contributed by atoms with Crippen molar-refractivity contribution in [3.05, 3.63) is 71.4 Å². The first kappa shape index (κ1) is 24.4. The Labute approximate surface area is 220 Å². The third-order valence-corrected chi connectivity index (χ3v) is 8.19. The van der Waals surface area contributed by atoms with Gasteiger partial charge in [0.15, 0.2) is 5.58 Å². The molecule has 1 aliphatic carbocycles. The minimum Gasteiger partial charge on any atom is -0.493 e. The number of benzene rings is 3. The summed E-state index contributed by atoms with van der Waals surface area (Å²) in [6.45, 7) is 4.99. The Hall–Kier alpha value is -2.89. The Kier molecular flexibility index (Phi) is 7.16. The zero-order valence-electron chi connectivity index (χ0n) is 22.3. The molecule has 5 nitrogen and oxygen atoms in total. The standard InChI is InChI=1S/C32H39N3O2/c1-34(2)21-29-31(36-22-24-10-11-24)15-13-28-30(33-37-32(28)29)14-12-23-16-18-35(19-17-23)20-26-8-5-7-25-6-3-4-9-27(25)26/h3-9,13,15,23-24H,10-12,14,16-22H2,1-2H3. The predicted octanol–water partition coefficient (Wildman–Crippen LogP) is 6.68. The molecule has 4 aromatic rings. The third kappa shape index (κ3) is 5.68. The summed E-state index contributed by atoms with van der Waals surface area (Å²) in [5, 5.41) is 8.42. The molecule has 0 radical (unpaired) electrons. The van der Waals surface area contributed by atoms with E-state index in [0.29, 0.717) is 0 Å². The van der Waals surface area contributed by atoms with Gasteiger partial charge < -0.3 is 14.2 Å². The molecule has 2 aliphatic rings. The van der Waals surface area contributed by atoms with E-state index >= 15 is 0 Å². The van der Waals surface area contributed by atoms with Crippen molar-refractivity contribution in [2.75, 3.05) is 33.8 Å². The first-order chi connectivity index (χ1) is 18.1. The molecule has 0 spiro atoms. The van der Waals surface area contributed by atoms with Crippen LogP contribution in [0.2, 0.25) is 0 Å². The van der Waals surface area contributed by atoms with E-state index in [1.54, 1.807) is 0 Å². The van der Waals surface area contributed by atoms with Gasteiger partial charge in [-0.25, -0.2) is 0 Å². The van der Waals surface area contributed by atoms with Crippen LogP contribution in [0, 0.1) is 11.8 Å². The number of likely N-dealkylation sites (tertiary alicyclic amines) is 1. The molecule has 3 aromatic carbocycles. The molecule has 1 saturated carbocycles. The lowest BCUT2D eigenvalue weighted by Gasteiger charge is -2.32. The summed E-state index contributed by atoms with van der Waals surface area (Å²) in [6, 6.07) is 19.7. The highest BCUT2D eigenvalue weighted by Crippen LogP contribution is 2.35. The first-order valence-electron chi connectivity index (χ1n) is 14.0. The van der Waals surface area contributed by atoms with Gasteiger partial charge in [0.2, 0.25) is 0 Å². The molecule has 0 atom stereocenters. The van der Waals surface area contributed by atoms with Crippen LogP contribution in [0.5, 0.6) is 5.75 Å². The number of piperidine rings is 1. The van der Waals surface area contributed by atoms with Crippen molar-refractivity contribution in [1.29, 1.82) is 0 Å². The Morgan fingerprint density at radius 2 is 1.73 bits per heavy atom. The van der Waals surface area contributed by atoms with E-state index in [4.69, 9.17) is 9.26 Å². The van der Waals surface area contributed by atoms with Crippen molar-refractivity contribution in [2.45, 2.75) is 51.6 Å². The molecule has 194 valence electrons. The van der Waals surface area contributed by atoms with Crippen LogP contribution in [0.15, 0.2) is 59.1 Å².